The Morgan fingerprint density at radius 1 is 1.37 bits per heavy atom. The molecule has 2 aromatic heterocycles. The van der Waals surface area contributed by atoms with Gasteiger partial charge in [-0.15, -0.1) is 11.3 Å². The number of anilines is 1. The number of carbonyl (C=O) groups excluding carboxylic acids is 2. The fraction of sp³-hybridized carbons (Fsp3) is 0.118. The number of hydrogen-bond acceptors (Lipinski definition) is 6. The first-order valence-electron chi connectivity index (χ1n) is 7.56. The van der Waals surface area contributed by atoms with E-state index in [2.05, 4.69) is 36.0 Å². The number of rotatable bonds is 6. The van der Waals surface area contributed by atoms with Crippen molar-refractivity contribution in [3.63, 3.8) is 0 Å². The van der Waals surface area contributed by atoms with Gasteiger partial charge in [-0.3, -0.25) is 10.1 Å². The number of ether oxygens (including phenoxy) is 2. The molecule has 3 aromatic rings. The van der Waals surface area contributed by atoms with Crippen LogP contribution < -0.4 is 10.1 Å². The lowest BCUT2D eigenvalue weighted by Gasteiger charge is -2.07. The third kappa shape index (κ3) is 4.72. The molecule has 0 aliphatic heterocycles. The van der Waals surface area contributed by atoms with E-state index in [0.29, 0.717) is 26.6 Å². The van der Waals surface area contributed by atoms with Gasteiger partial charge in [-0.25, -0.2) is 14.2 Å². The number of nitrogens with one attached hydrogen (secondary N) is 2. The predicted octanol–water partition coefficient (Wildman–Crippen LogP) is 3.84. The van der Waals surface area contributed by atoms with Crippen molar-refractivity contribution in [1.82, 2.24) is 9.97 Å². The molecule has 0 spiro atoms. The third-order valence-electron chi connectivity index (χ3n) is 3.39. The van der Waals surface area contributed by atoms with E-state index in [4.69, 9.17) is 4.74 Å². The summed E-state index contributed by atoms with van der Waals surface area (Å²) in [7, 11) is 1.29. The van der Waals surface area contributed by atoms with Crippen molar-refractivity contribution in [2.45, 2.75) is 0 Å². The van der Waals surface area contributed by atoms with Crippen LogP contribution in [0, 0.1) is 5.82 Å². The van der Waals surface area contributed by atoms with Crippen LogP contribution in [0.4, 0.5) is 9.52 Å². The average Bonchev–Trinajstić information content (AvgIpc) is 3.29. The molecule has 0 aliphatic carbocycles. The molecule has 0 fully saturated rings. The molecule has 0 bridgehead atoms. The van der Waals surface area contributed by atoms with Crippen LogP contribution in [-0.4, -0.2) is 35.6 Å². The zero-order chi connectivity index (χ0) is 19.4. The summed E-state index contributed by atoms with van der Waals surface area (Å²) in [6.07, 6.45) is 1.62. The first kappa shape index (κ1) is 19.1. The van der Waals surface area contributed by atoms with Crippen LogP contribution in [0.2, 0.25) is 0 Å². The number of benzene rings is 1. The third-order valence-corrected chi connectivity index (χ3v) is 4.64. The molecule has 2 heterocycles. The number of nitrogens with zero attached hydrogens (tertiary/aromatic N) is 1. The number of aromatic nitrogens is 2. The van der Waals surface area contributed by atoms with Gasteiger partial charge in [-0.1, -0.05) is 15.9 Å². The van der Waals surface area contributed by atoms with Gasteiger partial charge in [0.2, 0.25) is 0 Å². The summed E-state index contributed by atoms with van der Waals surface area (Å²) < 4.78 is 24.1. The number of amides is 1. The molecule has 27 heavy (non-hydrogen) atoms. The van der Waals surface area contributed by atoms with Gasteiger partial charge in [0.15, 0.2) is 23.3 Å². The lowest BCUT2D eigenvalue weighted by Crippen LogP contribution is -2.20. The van der Waals surface area contributed by atoms with E-state index in [0.717, 1.165) is 0 Å². The number of carbonyl (C=O) groups is 2. The number of methoxy groups -OCH3 is 1. The Labute approximate surface area is 165 Å². The molecular weight excluding hydrogens is 441 g/mol. The van der Waals surface area contributed by atoms with Gasteiger partial charge in [0, 0.05) is 21.6 Å². The molecule has 140 valence electrons. The van der Waals surface area contributed by atoms with Crippen molar-refractivity contribution in [1.29, 1.82) is 0 Å². The molecule has 0 saturated carbocycles. The number of aromatic amines is 1. The fourth-order valence-electron chi connectivity index (χ4n) is 2.12. The summed E-state index contributed by atoms with van der Waals surface area (Å²) in [5.74, 6) is -1.54. The second kappa shape index (κ2) is 8.31. The van der Waals surface area contributed by atoms with E-state index in [-0.39, 0.29) is 12.4 Å². The number of esters is 1. The molecule has 10 heteroatoms. The quantitative estimate of drug-likeness (QED) is 0.552. The molecule has 1 aromatic carbocycles. The topological polar surface area (TPSA) is 93.3 Å². The van der Waals surface area contributed by atoms with Crippen LogP contribution >= 0.6 is 27.3 Å². The van der Waals surface area contributed by atoms with Crippen molar-refractivity contribution in [3.05, 3.63) is 51.8 Å². The number of H-pyrrole nitrogens is 1. The highest BCUT2D eigenvalue weighted by molar-refractivity contribution is 9.10. The monoisotopic (exact) mass is 453 g/mol. The number of halogens is 2. The largest absolute Gasteiger partial charge is 0.481 e. The Morgan fingerprint density at radius 3 is 2.93 bits per heavy atom. The normalized spacial score (nSPS) is 10.5. The summed E-state index contributed by atoms with van der Waals surface area (Å²) in [5, 5.41) is 4.67. The maximum absolute atomic E-state index is 13.7. The van der Waals surface area contributed by atoms with Gasteiger partial charge < -0.3 is 14.5 Å². The van der Waals surface area contributed by atoms with Gasteiger partial charge in [-0.05, 0) is 24.3 Å². The van der Waals surface area contributed by atoms with Gasteiger partial charge in [0.25, 0.3) is 5.91 Å². The van der Waals surface area contributed by atoms with Gasteiger partial charge in [0.1, 0.15) is 5.69 Å². The minimum absolute atomic E-state index is 0.0177. The summed E-state index contributed by atoms with van der Waals surface area (Å²) in [4.78, 5) is 30.5. The van der Waals surface area contributed by atoms with E-state index in [1.165, 1.54) is 30.6 Å². The number of hydrogen-bond donors (Lipinski definition) is 2. The molecule has 7 nitrogen and oxygen atoms in total. The number of thiazole rings is 1. The van der Waals surface area contributed by atoms with E-state index in [1.54, 1.807) is 23.7 Å². The van der Waals surface area contributed by atoms with Crippen molar-refractivity contribution < 1.29 is 23.5 Å². The van der Waals surface area contributed by atoms with Crippen LogP contribution in [0.1, 0.15) is 10.5 Å². The maximum atomic E-state index is 13.7. The fourth-order valence-corrected chi connectivity index (χ4v) is 3.19. The molecule has 0 atom stereocenters. The Bertz CT molecular complexity index is 988. The minimum atomic E-state index is -0.567. The second-order valence-corrected chi connectivity index (χ2v) is 7.02. The van der Waals surface area contributed by atoms with E-state index in [1.807, 2.05) is 0 Å². The molecule has 0 radical (unpaired) electrons. The lowest BCUT2D eigenvalue weighted by molar-refractivity contribution is -0.118. The summed E-state index contributed by atoms with van der Waals surface area (Å²) in [6, 6.07) is 5.90. The predicted molar refractivity (Wildman–Crippen MR) is 101 cm³/mol. The maximum Gasteiger partial charge on any atom is 0.354 e. The molecule has 0 saturated heterocycles. The summed E-state index contributed by atoms with van der Waals surface area (Å²) in [6.45, 7) is -0.357. The van der Waals surface area contributed by atoms with E-state index in [9.17, 15) is 14.0 Å². The van der Waals surface area contributed by atoms with Gasteiger partial charge in [0.05, 0.1) is 12.8 Å². The molecular formula is C17H13BrFN3O4S. The SMILES string of the molecule is COC(=O)c1cc(-c2csc(NC(=O)COc3ccc(Br)cc3F)n2)c[nH]1. The highest BCUT2D eigenvalue weighted by Gasteiger charge is 2.13. The Balaban J connectivity index is 1.59. The van der Waals surface area contributed by atoms with E-state index >= 15 is 0 Å². The highest BCUT2D eigenvalue weighted by atomic mass is 79.9. The van der Waals surface area contributed by atoms with Crippen LogP contribution in [0.3, 0.4) is 0 Å². The van der Waals surface area contributed by atoms with Gasteiger partial charge in [-0.2, -0.15) is 0 Å². The van der Waals surface area contributed by atoms with Gasteiger partial charge >= 0.3 is 5.97 Å². The Morgan fingerprint density at radius 2 is 2.19 bits per heavy atom. The van der Waals surface area contributed by atoms with Crippen molar-refractivity contribution in [2.75, 3.05) is 19.0 Å². The second-order valence-electron chi connectivity index (χ2n) is 5.24. The summed E-state index contributed by atoms with van der Waals surface area (Å²) >= 11 is 4.36. The molecule has 2 N–H and O–H groups in total. The average molecular weight is 454 g/mol. The first-order valence-corrected chi connectivity index (χ1v) is 9.24. The first-order chi connectivity index (χ1) is 13.0. The summed E-state index contributed by atoms with van der Waals surface area (Å²) in [5.41, 5.74) is 1.57. The van der Waals surface area contributed by atoms with Crippen LogP contribution in [0.5, 0.6) is 5.75 Å². The van der Waals surface area contributed by atoms with Crippen molar-refractivity contribution in [3.8, 4) is 17.0 Å². The van der Waals surface area contributed by atoms with Crippen molar-refractivity contribution >= 4 is 44.3 Å². The van der Waals surface area contributed by atoms with Crippen molar-refractivity contribution in [2.24, 2.45) is 0 Å². The van der Waals surface area contributed by atoms with Crippen LogP contribution in [0.25, 0.3) is 11.3 Å². The molecule has 1 amide bonds. The molecule has 3 rings (SSSR count). The molecule has 0 aliphatic rings. The highest BCUT2D eigenvalue weighted by Crippen LogP contribution is 2.26. The molecule has 0 unspecified atom stereocenters. The standard InChI is InChI=1S/C17H13BrFN3O4S/c1-25-16(24)12-4-9(6-20-12)13-8-27-17(21-13)22-15(23)7-26-14-3-2-10(18)5-11(14)19/h2-6,8,20H,7H2,1H3,(H,21,22,23). The van der Waals surface area contributed by atoms with E-state index < -0.39 is 17.7 Å². The minimum Gasteiger partial charge on any atom is -0.481 e. The Hall–Kier alpha value is -2.72. The van der Waals surface area contributed by atoms with Crippen LogP contribution in [-0.2, 0) is 9.53 Å². The Kier molecular flexibility index (Phi) is 5.87. The zero-order valence-electron chi connectivity index (χ0n) is 13.9. The smallest absolute Gasteiger partial charge is 0.354 e. The lowest BCUT2D eigenvalue weighted by atomic mass is 10.2. The zero-order valence-corrected chi connectivity index (χ0v) is 16.3. The van der Waals surface area contributed by atoms with Crippen LogP contribution in [0.15, 0.2) is 40.3 Å².